The molecule has 2 aromatic rings. The normalized spacial score (nSPS) is 21.8. The van der Waals surface area contributed by atoms with Crippen LogP contribution >= 0.6 is 0 Å². The molecular weight excluding hydrogens is 346 g/mol. The number of hydrogen-bond acceptors (Lipinski definition) is 5. The SMILES string of the molecule is COC(=O)C1(C(=O)NCc2ccc(OC)cc2)CC1C(O)c1ccccc1. The second kappa shape index (κ2) is 7.80. The number of esters is 1. The fraction of sp³-hybridized carbons (Fsp3) is 0.333. The van der Waals surface area contributed by atoms with Crippen LogP contribution in [0.25, 0.3) is 0 Å². The average Bonchev–Trinajstić information content (AvgIpc) is 3.49. The lowest BCUT2D eigenvalue weighted by Gasteiger charge is -2.18. The molecule has 0 aromatic heterocycles. The van der Waals surface area contributed by atoms with Gasteiger partial charge in [0.05, 0.1) is 20.3 Å². The van der Waals surface area contributed by atoms with Crippen LogP contribution in [0.4, 0.5) is 0 Å². The van der Waals surface area contributed by atoms with E-state index in [0.29, 0.717) is 5.56 Å². The van der Waals surface area contributed by atoms with Crippen molar-refractivity contribution in [1.29, 1.82) is 0 Å². The highest BCUT2D eigenvalue weighted by molar-refractivity contribution is 6.06. The van der Waals surface area contributed by atoms with Gasteiger partial charge < -0.3 is 19.9 Å². The number of amides is 1. The summed E-state index contributed by atoms with van der Waals surface area (Å²) in [5.74, 6) is -0.826. The summed E-state index contributed by atoms with van der Waals surface area (Å²) in [7, 11) is 2.84. The molecule has 1 aliphatic rings. The summed E-state index contributed by atoms with van der Waals surface area (Å²) < 4.78 is 9.98. The molecule has 0 radical (unpaired) electrons. The van der Waals surface area contributed by atoms with Gasteiger partial charge >= 0.3 is 5.97 Å². The third kappa shape index (κ3) is 3.66. The number of rotatable bonds is 7. The first-order valence-corrected chi connectivity index (χ1v) is 8.75. The van der Waals surface area contributed by atoms with E-state index in [4.69, 9.17) is 9.47 Å². The van der Waals surface area contributed by atoms with E-state index >= 15 is 0 Å². The smallest absolute Gasteiger partial charge is 0.321 e. The van der Waals surface area contributed by atoms with E-state index in [1.807, 2.05) is 30.3 Å². The lowest BCUT2D eigenvalue weighted by Crippen LogP contribution is -2.39. The summed E-state index contributed by atoms with van der Waals surface area (Å²) in [5.41, 5.74) is 0.206. The van der Waals surface area contributed by atoms with Crippen LogP contribution in [-0.4, -0.2) is 31.2 Å². The fourth-order valence-electron chi connectivity index (χ4n) is 3.41. The molecule has 142 valence electrons. The zero-order chi connectivity index (χ0) is 19.4. The van der Waals surface area contributed by atoms with E-state index in [1.54, 1.807) is 31.4 Å². The van der Waals surface area contributed by atoms with Gasteiger partial charge in [0, 0.05) is 12.5 Å². The minimum absolute atomic E-state index is 0.254. The van der Waals surface area contributed by atoms with Crippen LogP contribution in [0.5, 0.6) is 5.75 Å². The van der Waals surface area contributed by atoms with Gasteiger partial charge in [0.2, 0.25) is 5.91 Å². The van der Waals surface area contributed by atoms with Gasteiger partial charge in [-0.05, 0) is 29.7 Å². The van der Waals surface area contributed by atoms with Crippen LogP contribution in [0.15, 0.2) is 54.6 Å². The predicted molar refractivity (Wildman–Crippen MR) is 98.8 cm³/mol. The summed E-state index contributed by atoms with van der Waals surface area (Å²) in [5, 5.41) is 13.4. The van der Waals surface area contributed by atoms with Crippen molar-refractivity contribution in [3.05, 3.63) is 65.7 Å². The number of carbonyl (C=O) groups excluding carboxylic acids is 2. The highest BCUT2D eigenvalue weighted by Gasteiger charge is 2.69. The Morgan fingerprint density at radius 2 is 1.81 bits per heavy atom. The van der Waals surface area contributed by atoms with Crippen LogP contribution in [0.1, 0.15) is 23.7 Å². The van der Waals surface area contributed by atoms with E-state index in [2.05, 4.69) is 5.32 Å². The molecule has 3 atom stereocenters. The van der Waals surface area contributed by atoms with Gasteiger partial charge in [-0.2, -0.15) is 0 Å². The topological polar surface area (TPSA) is 84.9 Å². The Hall–Kier alpha value is -2.86. The summed E-state index contributed by atoms with van der Waals surface area (Å²) in [6.07, 6.45) is -0.651. The number of nitrogens with one attached hydrogen (secondary N) is 1. The molecule has 3 unspecified atom stereocenters. The van der Waals surface area contributed by atoms with Crippen molar-refractivity contribution >= 4 is 11.9 Å². The lowest BCUT2D eigenvalue weighted by atomic mass is 9.95. The number of hydrogen-bond donors (Lipinski definition) is 2. The van der Waals surface area contributed by atoms with Gasteiger partial charge in [-0.3, -0.25) is 9.59 Å². The first-order chi connectivity index (χ1) is 13.0. The minimum atomic E-state index is -1.35. The molecule has 27 heavy (non-hydrogen) atoms. The molecule has 6 heteroatoms. The van der Waals surface area contributed by atoms with E-state index in [0.717, 1.165) is 11.3 Å². The van der Waals surface area contributed by atoms with E-state index in [-0.39, 0.29) is 13.0 Å². The number of benzene rings is 2. The number of carbonyl (C=O) groups is 2. The maximum atomic E-state index is 12.8. The first kappa shape index (κ1) is 18.9. The summed E-state index contributed by atoms with van der Waals surface area (Å²) in [6, 6.07) is 16.3. The van der Waals surface area contributed by atoms with Crippen LogP contribution in [0.3, 0.4) is 0 Å². The van der Waals surface area contributed by atoms with Crippen LogP contribution in [0.2, 0.25) is 0 Å². The second-order valence-corrected chi connectivity index (χ2v) is 6.66. The van der Waals surface area contributed by atoms with Crippen LogP contribution in [0, 0.1) is 11.3 Å². The zero-order valence-electron chi connectivity index (χ0n) is 15.3. The van der Waals surface area contributed by atoms with E-state index in [1.165, 1.54) is 7.11 Å². The molecule has 0 heterocycles. The Morgan fingerprint density at radius 3 is 2.41 bits per heavy atom. The third-order valence-electron chi connectivity index (χ3n) is 5.10. The molecule has 0 saturated heterocycles. The van der Waals surface area contributed by atoms with Crippen molar-refractivity contribution in [2.24, 2.45) is 11.3 Å². The second-order valence-electron chi connectivity index (χ2n) is 6.66. The number of aliphatic hydroxyl groups is 1. The Kier molecular flexibility index (Phi) is 5.46. The van der Waals surface area contributed by atoms with Crippen molar-refractivity contribution in [2.45, 2.75) is 19.1 Å². The van der Waals surface area contributed by atoms with Crippen molar-refractivity contribution in [1.82, 2.24) is 5.32 Å². The quantitative estimate of drug-likeness (QED) is 0.577. The average molecular weight is 369 g/mol. The van der Waals surface area contributed by atoms with Crippen molar-refractivity contribution in [3.8, 4) is 5.75 Å². The predicted octanol–water partition coefficient (Wildman–Crippen LogP) is 2.22. The van der Waals surface area contributed by atoms with Gasteiger partial charge in [0.1, 0.15) is 5.75 Å². The van der Waals surface area contributed by atoms with Gasteiger partial charge in [0.15, 0.2) is 5.41 Å². The largest absolute Gasteiger partial charge is 0.497 e. The van der Waals surface area contributed by atoms with Gasteiger partial charge in [0.25, 0.3) is 0 Å². The molecule has 0 spiro atoms. The maximum Gasteiger partial charge on any atom is 0.321 e. The summed E-state index contributed by atoms with van der Waals surface area (Å²) >= 11 is 0. The zero-order valence-corrected chi connectivity index (χ0v) is 15.3. The summed E-state index contributed by atoms with van der Waals surface area (Å²) in [6.45, 7) is 0.274. The molecule has 2 N–H and O–H groups in total. The highest BCUT2D eigenvalue weighted by atomic mass is 16.5. The van der Waals surface area contributed by atoms with Crippen LogP contribution < -0.4 is 10.1 Å². The molecule has 3 rings (SSSR count). The molecule has 0 aliphatic heterocycles. The molecular formula is C21H23NO5. The Bertz CT molecular complexity index is 805. The Labute approximate surface area is 158 Å². The maximum absolute atomic E-state index is 12.8. The Morgan fingerprint density at radius 1 is 1.15 bits per heavy atom. The number of methoxy groups -OCH3 is 2. The molecule has 1 saturated carbocycles. The summed E-state index contributed by atoms with van der Waals surface area (Å²) in [4.78, 5) is 25.2. The van der Waals surface area contributed by atoms with Crippen LogP contribution in [-0.2, 0) is 20.9 Å². The molecule has 1 aliphatic carbocycles. The standard InChI is InChI=1S/C21H23NO5/c1-26-16-10-8-14(9-11-16)13-22-19(24)21(20(25)27-2)12-17(21)18(23)15-6-4-3-5-7-15/h3-11,17-18,23H,12-13H2,1-2H3,(H,22,24). The number of ether oxygens (including phenoxy) is 2. The molecule has 2 aromatic carbocycles. The lowest BCUT2D eigenvalue weighted by molar-refractivity contribution is -0.153. The third-order valence-corrected chi connectivity index (χ3v) is 5.10. The van der Waals surface area contributed by atoms with Gasteiger partial charge in [-0.15, -0.1) is 0 Å². The van der Waals surface area contributed by atoms with Crippen molar-refractivity contribution in [3.63, 3.8) is 0 Å². The van der Waals surface area contributed by atoms with Crippen molar-refractivity contribution in [2.75, 3.05) is 14.2 Å². The van der Waals surface area contributed by atoms with E-state index < -0.39 is 29.3 Å². The van der Waals surface area contributed by atoms with E-state index in [9.17, 15) is 14.7 Å². The van der Waals surface area contributed by atoms with Gasteiger partial charge in [-0.1, -0.05) is 42.5 Å². The first-order valence-electron chi connectivity index (χ1n) is 8.75. The molecule has 1 fully saturated rings. The highest BCUT2D eigenvalue weighted by Crippen LogP contribution is 2.59. The van der Waals surface area contributed by atoms with Crippen molar-refractivity contribution < 1.29 is 24.2 Å². The molecule has 1 amide bonds. The monoisotopic (exact) mass is 369 g/mol. The van der Waals surface area contributed by atoms with Gasteiger partial charge in [-0.25, -0.2) is 0 Å². The molecule has 6 nitrogen and oxygen atoms in total. The Balaban J connectivity index is 1.71. The fourth-order valence-corrected chi connectivity index (χ4v) is 3.41. The molecule has 0 bridgehead atoms. The number of aliphatic hydroxyl groups excluding tert-OH is 1. The minimum Gasteiger partial charge on any atom is -0.497 e.